The van der Waals surface area contributed by atoms with Gasteiger partial charge < -0.3 is 261 Å². The minimum atomic E-state index is 0. The average molecular weight is 2320 g/mol. The molecule has 0 aromatic carbocycles. The highest BCUT2D eigenvalue weighted by Crippen LogP contribution is 2.14. The quantitative estimate of drug-likeness (QED) is 0.0425. The lowest BCUT2D eigenvalue weighted by Gasteiger charge is -2.44. The van der Waals surface area contributed by atoms with Crippen LogP contribution in [-0.4, -0.2) is 618 Å². The second-order valence-electron chi connectivity index (χ2n) is 46.2. The Morgan fingerprint density at radius 3 is 0.489 bits per heavy atom. The SMILES string of the molecule is CCCOCCOCC[N+](C)(C)CCC[N+](C)(C)C.CCCOCCOCC[N+](C)(C)CCOCC[N+](C)(C)C.CCCOCCOCC[N+](C)(C)CC[N+](C)(C)C.CCCOCC[N+](C)(C)CCC[N+](C)(C)C.CCCOCC[N+](C)(C)CCOCC[N+](C)(C)C.CCCOCC[N+](C)(C)CCOCC[N+](C)(C)C.CCCOCC[N+]1(C)CC[N+](C)(C)CC1.Cl.Cl.[Cl-].[Cl-].[Cl-].[Cl-].[Cl-].[Cl-].[Cl-].[Cl-].[Cl-].[Cl-].[Cl-].[ClH2+]. The summed E-state index contributed by atoms with van der Waals surface area (Å²) in [6.45, 7) is 62.6. The summed E-state index contributed by atoms with van der Waals surface area (Å²) in [7, 11) is 74.0. The first kappa shape index (κ1) is 190. The molecule has 0 amide bonds. The second kappa shape index (κ2) is 111. The first-order valence-corrected chi connectivity index (χ1v) is 49.5. The smallest absolute Gasteiger partial charge is 0.129 e. The zero-order chi connectivity index (χ0) is 97.2. The minimum absolute atomic E-state index is 0. The van der Waals surface area contributed by atoms with E-state index in [1.54, 1.807) is 0 Å². The summed E-state index contributed by atoms with van der Waals surface area (Å²) in [5, 5.41) is 0. The van der Waals surface area contributed by atoms with Gasteiger partial charge in [0.05, 0.1) is 397 Å². The zero-order valence-corrected chi connectivity index (χ0v) is 109. The molecule has 0 spiro atoms. The largest absolute Gasteiger partial charge is 1.00 e. The van der Waals surface area contributed by atoms with Gasteiger partial charge in [0.2, 0.25) is 0 Å². The molecule has 0 radical (unpaired) electrons. The summed E-state index contributed by atoms with van der Waals surface area (Å²) >= 11 is 0. The Hall–Kier alpha value is 2.98. The van der Waals surface area contributed by atoms with Gasteiger partial charge in [0.15, 0.2) is 0 Å². The molecule has 0 aromatic rings. The highest BCUT2D eigenvalue weighted by molar-refractivity contribution is 5.85. The number of nitrogens with zero attached hydrogens (tertiary/aromatic N) is 14. The van der Waals surface area contributed by atoms with Gasteiger partial charge in [-0.25, -0.2) is 0 Å². The molecular weight excluding hydrogens is 2080 g/mol. The van der Waals surface area contributed by atoms with Crippen molar-refractivity contribution < 1.29 is 273 Å². The number of quaternary nitrogens is 14. The fourth-order valence-electron chi connectivity index (χ4n) is 11.5. The summed E-state index contributed by atoms with van der Waals surface area (Å²) < 4.78 is 86.7. The fourth-order valence-corrected chi connectivity index (χ4v) is 11.5. The summed E-state index contributed by atoms with van der Waals surface area (Å²) in [6.07, 6.45) is 10.2. The predicted molar refractivity (Wildman–Crippen MR) is 550 cm³/mol. The first-order chi connectivity index (χ1) is 57.6. The standard InChI is InChI=1S/C16H38N2O3.C15H36N2O2.3C14H34N2O2.C13H32N2O.C12H28N2O.ClH2.13ClH/c1-7-11-19-15-16-21-14-10-18(5,6)9-13-20-12-8-17(2,3)4;1-7-12-18-14-15-19-13-11-17(5,6)10-8-9-16(2,3)4;2*1-7-11-17-13-9-16(5,6)10-14-18-12-8-15(2,3)4;1-7-11-17-13-14-18-12-10-16(5,6)9-8-15(2,3)4;1-7-12-16-13-11-15(5,6)10-8-9-14(2,3)4;1-5-11-15-12-10-14(4)8-6-13(2,3)7-9-14;;;;;;;;;;;;;;/h7-16H2,1-6H3;7-15H2,1-6H3;3*7-14H2,1-6H3;7-13H2,1-6H3;5-12H2,1-4H3;1H2;13*1H/q7*+2;+1;;;;;;;;;;;;;/p-11. The van der Waals surface area contributed by atoms with Crippen LogP contribution in [0.1, 0.15) is 106 Å². The van der Waals surface area contributed by atoms with Crippen molar-refractivity contribution in [1.82, 2.24) is 0 Å². The molecule has 27 nitrogen and oxygen atoms in total. The molecule has 0 unspecified atom stereocenters. The minimum Gasteiger partial charge on any atom is -1.00 e. The molecular formula is C98H240Cl14N14O13+4. The molecule has 139 heavy (non-hydrogen) atoms. The van der Waals surface area contributed by atoms with Crippen LogP contribution in [0.4, 0.5) is 0 Å². The van der Waals surface area contributed by atoms with E-state index in [2.05, 4.69) is 281 Å². The third kappa shape index (κ3) is 166. The summed E-state index contributed by atoms with van der Waals surface area (Å²) in [5.41, 5.74) is 0. The Balaban J connectivity index is -0.0000000650. The van der Waals surface area contributed by atoms with E-state index in [-0.39, 0.29) is 174 Å². The van der Waals surface area contributed by atoms with Crippen LogP contribution < -0.4 is 136 Å². The number of piperazine rings is 1. The number of ether oxygens (including phenoxy) is 13. The van der Waals surface area contributed by atoms with E-state index in [4.69, 9.17) is 61.6 Å². The number of rotatable bonds is 73. The van der Waals surface area contributed by atoms with Crippen molar-refractivity contribution in [3.8, 4) is 0 Å². The highest BCUT2D eigenvalue weighted by atomic mass is 35.5. The Kier molecular flexibility index (Phi) is 151. The van der Waals surface area contributed by atoms with Gasteiger partial charge in [-0.1, -0.05) is 48.5 Å². The molecule has 41 heteroatoms. The average Bonchev–Trinajstić information content (AvgIpc) is 0.830. The molecule has 1 aliphatic heterocycles. The van der Waals surface area contributed by atoms with Crippen LogP contribution >= 0.6 is 24.8 Å². The molecule has 1 heterocycles. The van der Waals surface area contributed by atoms with Gasteiger partial charge in [-0.15, -0.1) is 24.8 Å². The Bertz CT molecular complexity index is 2300. The molecule has 0 N–H and O–H groups in total. The summed E-state index contributed by atoms with van der Waals surface area (Å²) in [6, 6.07) is 0. The molecule has 0 atom stereocenters. The van der Waals surface area contributed by atoms with Crippen molar-refractivity contribution in [3.63, 3.8) is 0 Å². The zero-order valence-electron chi connectivity index (χ0n) is 98.0. The molecule has 0 aromatic heterocycles. The third-order valence-electron chi connectivity index (χ3n) is 21.7. The number of hydrogen-bond acceptors (Lipinski definition) is 13. The van der Waals surface area contributed by atoms with Crippen molar-refractivity contribution in [3.05, 3.63) is 0 Å². The van der Waals surface area contributed by atoms with E-state index >= 15 is 0 Å². The number of halogens is 14. The first-order valence-electron chi connectivity index (χ1n) is 49.5. The van der Waals surface area contributed by atoms with Crippen molar-refractivity contribution in [2.45, 2.75) is 106 Å². The van der Waals surface area contributed by atoms with Crippen molar-refractivity contribution in [1.29, 1.82) is 0 Å². The van der Waals surface area contributed by atoms with Crippen molar-refractivity contribution in [2.24, 2.45) is 0 Å². The maximum Gasteiger partial charge on any atom is 0.129 e. The van der Waals surface area contributed by atoms with E-state index in [1.165, 1.54) is 93.8 Å². The summed E-state index contributed by atoms with van der Waals surface area (Å²) in [4.78, 5) is 0. The maximum absolute atomic E-state index is 5.73. The molecule has 0 aliphatic carbocycles. The van der Waals surface area contributed by atoms with Crippen LogP contribution in [0.15, 0.2) is 0 Å². The number of likely N-dealkylation sites (N-methyl/N-ethyl adjacent to an activating group) is 12. The molecule has 1 rings (SSSR count). The van der Waals surface area contributed by atoms with Crippen LogP contribution in [0.25, 0.3) is 0 Å². The third-order valence-corrected chi connectivity index (χ3v) is 21.7. The van der Waals surface area contributed by atoms with Crippen LogP contribution in [0.3, 0.4) is 0 Å². The van der Waals surface area contributed by atoms with Crippen LogP contribution in [0.5, 0.6) is 0 Å². The van der Waals surface area contributed by atoms with Gasteiger partial charge in [-0.05, 0) is 44.9 Å². The van der Waals surface area contributed by atoms with E-state index in [9.17, 15) is 0 Å². The van der Waals surface area contributed by atoms with Gasteiger partial charge in [0.25, 0.3) is 0 Å². The molecule has 0 bridgehead atoms. The highest BCUT2D eigenvalue weighted by Gasteiger charge is 2.34. The van der Waals surface area contributed by atoms with E-state index < -0.39 is 0 Å². The normalized spacial score (nSPS) is 12.9. The predicted octanol–water partition coefficient (Wildman–Crippen LogP) is -23.6. The van der Waals surface area contributed by atoms with E-state index in [0.717, 1.165) is 336 Å². The molecule has 1 fully saturated rings. The van der Waals surface area contributed by atoms with Crippen LogP contribution in [0, 0.1) is 12.4 Å². The van der Waals surface area contributed by atoms with E-state index in [1.807, 2.05) is 0 Å². The maximum atomic E-state index is 5.73. The Morgan fingerprint density at radius 1 is 0.165 bits per heavy atom. The molecule has 1 saturated heterocycles. The van der Waals surface area contributed by atoms with Crippen molar-refractivity contribution in [2.75, 3.05) is 555 Å². The van der Waals surface area contributed by atoms with Crippen LogP contribution in [-0.2, 0) is 61.6 Å². The summed E-state index contributed by atoms with van der Waals surface area (Å²) in [5.74, 6) is 0. The lowest BCUT2D eigenvalue weighted by molar-refractivity contribution is -1.01. The molecule has 0 saturated carbocycles. The van der Waals surface area contributed by atoms with Gasteiger partial charge in [-0.3, -0.25) is 0 Å². The second-order valence-corrected chi connectivity index (χ2v) is 46.2. The molecule has 1 aliphatic rings. The molecule has 874 valence electrons. The van der Waals surface area contributed by atoms with Crippen molar-refractivity contribution >= 4 is 24.8 Å². The topological polar surface area (TPSA) is 120 Å². The lowest BCUT2D eigenvalue weighted by Crippen LogP contribution is -3.00. The van der Waals surface area contributed by atoms with E-state index in [0.29, 0.717) is 13.2 Å². The van der Waals surface area contributed by atoms with Gasteiger partial charge in [0, 0.05) is 59.1 Å². The Labute approximate surface area is 951 Å². The van der Waals surface area contributed by atoms with Gasteiger partial charge in [0.1, 0.15) is 124 Å². The number of hydrogen-bond donors (Lipinski definition) is 0. The Morgan fingerprint density at radius 2 is 0.309 bits per heavy atom. The lowest BCUT2D eigenvalue weighted by atomic mass is 10.2. The fraction of sp³-hybridized carbons (Fsp3) is 1.00. The van der Waals surface area contributed by atoms with Crippen LogP contribution in [0.2, 0.25) is 0 Å². The van der Waals surface area contributed by atoms with Gasteiger partial charge in [-0.2, -0.15) is 0 Å². The van der Waals surface area contributed by atoms with Gasteiger partial charge >= 0.3 is 0 Å². The monoisotopic (exact) mass is 2310 g/mol.